The lowest BCUT2D eigenvalue weighted by Gasteiger charge is -2.13. The summed E-state index contributed by atoms with van der Waals surface area (Å²) in [5.41, 5.74) is 17.4. The van der Waals surface area contributed by atoms with E-state index in [1.54, 1.807) is 0 Å². The molecule has 1 aliphatic carbocycles. The van der Waals surface area contributed by atoms with Gasteiger partial charge in [-0.15, -0.1) is 0 Å². The van der Waals surface area contributed by atoms with Crippen molar-refractivity contribution in [3.63, 3.8) is 0 Å². The van der Waals surface area contributed by atoms with E-state index in [9.17, 15) is 0 Å². The van der Waals surface area contributed by atoms with Gasteiger partial charge in [0.1, 0.15) is 0 Å². The van der Waals surface area contributed by atoms with Gasteiger partial charge in [-0.3, -0.25) is 0 Å². The van der Waals surface area contributed by atoms with Gasteiger partial charge in [0.15, 0.2) is 0 Å². The summed E-state index contributed by atoms with van der Waals surface area (Å²) in [6, 6.07) is 81.0. The average molecular weight is 785 g/mol. The van der Waals surface area contributed by atoms with E-state index in [1.165, 1.54) is 126 Å². The van der Waals surface area contributed by atoms with Crippen LogP contribution < -0.4 is 0 Å². The molecule has 0 fully saturated rings. The van der Waals surface area contributed by atoms with Gasteiger partial charge < -0.3 is 9.13 Å². The topological polar surface area (TPSA) is 9.86 Å². The summed E-state index contributed by atoms with van der Waals surface area (Å²) in [6.45, 7) is 0. The zero-order valence-corrected chi connectivity index (χ0v) is 33.7. The van der Waals surface area contributed by atoms with Crippen molar-refractivity contribution in [3.05, 3.63) is 218 Å². The zero-order valence-electron chi connectivity index (χ0n) is 33.7. The molecular weight excluding hydrogens is 749 g/mol. The number of rotatable bonds is 4. The van der Waals surface area contributed by atoms with Gasteiger partial charge in [0, 0.05) is 38.0 Å². The molecule has 0 bridgehead atoms. The second-order valence-electron chi connectivity index (χ2n) is 16.8. The van der Waals surface area contributed by atoms with Crippen LogP contribution in [0.15, 0.2) is 218 Å². The fourth-order valence-electron chi connectivity index (χ4n) is 10.9. The van der Waals surface area contributed by atoms with Gasteiger partial charge >= 0.3 is 0 Å². The Labute approximate surface area is 357 Å². The van der Waals surface area contributed by atoms with Gasteiger partial charge in [-0.2, -0.15) is 0 Å². The van der Waals surface area contributed by atoms with E-state index in [1.807, 2.05) is 0 Å². The molecule has 0 saturated carbocycles. The van der Waals surface area contributed by atoms with Gasteiger partial charge in [-0.1, -0.05) is 170 Å². The van der Waals surface area contributed by atoms with E-state index in [-0.39, 0.29) is 0 Å². The molecule has 1 aliphatic rings. The second kappa shape index (κ2) is 12.7. The highest BCUT2D eigenvalue weighted by molar-refractivity contribution is 6.21. The third kappa shape index (κ3) is 4.64. The predicted molar refractivity (Wildman–Crippen MR) is 263 cm³/mol. The first kappa shape index (κ1) is 33.6. The predicted octanol–water partition coefficient (Wildman–Crippen LogP) is 16.3. The van der Waals surface area contributed by atoms with Crippen LogP contribution in [0.2, 0.25) is 0 Å². The van der Waals surface area contributed by atoms with Crippen LogP contribution in [0.5, 0.6) is 0 Å². The summed E-state index contributed by atoms with van der Waals surface area (Å²) in [6.07, 6.45) is 0. The molecule has 62 heavy (non-hydrogen) atoms. The standard InChI is InChI=1S/C60H36N2/c1-3-14-44-37(11-1)13-9-22-55(44)62-58-34-27-41(36-54(58)52-30-25-38-12-2-4-15-45(38)60(52)62)40-26-33-57-53(35-40)48-18-7-8-21-56(48)61(57)42-28-23-39(24-29-42)43-31-32-51-47-17-6-5-16-46(47)50-20-10-19-49(43)59(50)51/h1-36H. The van der Waals surface area contributed by atoms with E-state index in [2.05, 4.69) is 228 Å². The molecule has 0 atom stereocenters. The van der Waals surface area contributed by atoms with E-state index in [0.29, 0.717) is 0 Å². The number of nitrogens with zero attached hydrogens (tertiary/aromatic N) is 2. The van der Waals surface area contributed by atoms with Crippen molar-refractivity contribution < 1.29 is 0 Å². The Balaban J connectivity index is 0.906. The van der Waals surface area contributed by atoms with Crippen LogP contribution in [0.3, 0.4) is 0 Å². The zero-order chi connectivity index (χ0) is 40.5. The van der Waals surface area contributed by atoms with Crippen molar-refractivity contribution in [3.8, 4) is 55.9 Å². The molecular formula is C60H36N2. The molecule has 0 aliphatic heterocycles. The van der Waals surface area contributed by atoms with E-state index in [4.69, 9.17) is 0 Å². The number of aromatic nitrogens is 2. The molecule has 0 radical (unpaired) electrons. The average Bonchev–Trinajstić information content (AvgIpc) is 3.98. The second-order valence-corrected chi connectivity index (χ2v) is 16.8. The van der Waals surface area contributed by atoms with Crippen molar-refractivity contribution in [1.29, 1.82) is 0 Å². The molecule has 13 aromatic rings. The smallest absolute Gasteiger partial charge is 0.0619 e. The fraction of sp³-hybridized carbons (Fsp3) is 0. The minimum absolute atomic E-state index is 1.15. The molecule has 11 aromatic carbocycles. The van der Waals surface area contributed by atoms with Crippen molar-refractivity contribution >= 4 is 75.9 Å². The molecule has 14 rings (SSSR count). The van der Waals surface area contributed by atoms with E-state index < -0.39 is 0 Å². The van der Waals surface area contributed by atoms with Gasteiger partial charge in [0.05, 0.1) is 27.8 Å². The highest BCUT2D eigenvalue weighted by atomic mass is 15.0. The molecule has 286 valence electrons. The molecule has 2 aromatic heterocycles. The highest BCUT2D eigenvalue weighted by Crippen LogP contribution is 2.49. The first-order valence-corrected chi connectivity index (χ1v) is 21.5. The largest absolute Gasteiger partial charge is 0.309 e. The monoisotopic (exact) mass is 784 g/mol. The van der Waals surface area contributed by atoms with Crippen molar-refractivity contribution in [1.82, 2.24) is 9.13 Å². The number of hydrogen-bond donors (Lipinski definition) is 0. The third-order valence-electron chi connectivity index (χ3n) is 13.6. The lowest BCUT2D eigenvalue weighted by atomic mass is 9.94. The quantitative estimate of drug-likeness (QED) is 0.168. The maximum atomic E-state index is 2.49. The molecule has 0 spiro atoms. The number of fused-ring (bicyclic) bond motifs is 12. The van der Waals surface area contributed by atoms with Gasteiger partial charge in [0.25, 0.3) is 0 Å². The van der Waals surface area contributed by atoms with Crippen LogP contribution in [0.25, 0.3) is 132 Å². The third-order valence-corrected chi connectivity index (χ3v) is 13.6. The number of hydrogen-bond acceptors (Lipinski definition) is 0. The van der Waals surface area contributed by atoms with Gasteiger partial charge in [0.2, 0.25) is 0 Å². The summed E-state index contributed by atoms with van der Waals surface area (Å²) in [5, 5.41) is 12.7. The minimum atomic E-state index is 1.15. The minimum Gasteiger partial charge on any atom is -0.309 e. The molecule has 0 saturated heterocycles. The van der Waals surface area contributed by atoms with Crippen LogP contribution in [-0.4, -0.2) is 9.13 Å². The van der Waals surface area contributed by atoms with E-state index >= 15 is 0 Å². The number of para-hydroxylation sites is 1. The van der Waals surface area contributed by atoms with Crippen molar-refractivity contribution in [2.24, 2.45) is 0 Å². The Morgan fingerprint density at radius 3 is 1.58 bits per heavy atom. The molecule has 0 N–H and O–H groups in total. The summed E-state index contributed by atoms with van der Waals surface area (Å²) in [5.74, 6) is 0. The maximum absolute atomic E-state index is 2.49. The van der Waals surface area contributed by atoms with Crippen LogP contribution in [-0.2, 0) is 0 Å². The first-order valence-electron chi connectivity index (χ1n) is 21.5. The SMILES string of the molecule is c1ccc2c(c1)-c1cccc3c(-c4ccc(-n5c6ccccc6c6cc(-c7ccc8c(c7)c7ccc9ccccc9c7n8-c7cccc8ccccc78)ccc65)cc4)ccc-2c13. The first-order chi connectivity index (χ1) is 30.8. The van der Waals surface area contributed by atoms with Crippen LogP contribution in [0, 0.1) is 0 Å². The van der Waals surface area contributed by atoms with Gasteiger partial charge in [-0.05, 0) is 115 Å². The molecule has 2 heteroatoms. The normalized spacial score (nSPS) is 12.2. The van der Waals surface area contributed by atoms with Gasteiger partial charge in [-0.25, -0.2) is 0 Å². The Bertz CT molecular complexity index is 3990. The number of benzene rings is 11. The van der Waals surface area contributed by atoms with Crippen LogP contribution >= 0.6 is 0 Å². The summed E-state index contributed by atoms with van der Waals surface area (Å²) in [7, 11) is 0. The lowest BCUT2D eigenvalue weighted by molar-refractivity contribution is 1.18. The Morgan fingerprint density at radius 2 is 0.790 bits per heavy atom. The summed E-state index contributed by atoms with van der Waals surface area (Å²) in [4.78, 5) is 0. The Morgan fingerprint density at radius 1 is 0.258 bits per heavy atom. The molecule has 2 nitrogen and oxygen atoms in total. The molecule has 0 unspecified atom stereocenters. The fourth-order valence-corrected chi connectivity index (χ4v) is 10.9. The molecule has 2 heterocycles. The van der Waals surface area contributed by atoms with Crippen LogP contribution in [0.1, 0.15) is 0 Å². The molecule has 0 amide bonds. The van der Waals surface area contributed by atoms with E-state index in [0.717, 1.165) is 5.69 Å². The summed E-state index contributed by atoms with van der Waals surface area (Å²) >= 11 is 0. The Hall–Kier alpha value is -8.20. The van der Waals surface area contributed by atoms with Crippen LogP contribution in [0.4, 0.5) is 0 Å². The maximum Gasteiger partial charge on any atom is 0.0619 e. The van der Waals surface area contributed by atoms with Crippen molar-refractivity contribution in [2.45, 2.75) is 0 Å². The Kier molecular flexibility index (Phi) is 6.86. The summed E-state index contributed by atoms with van der Waals surface area (Å²) < 4.78 is 4.92. The van der Waals surface area contributed by atoms with Crippen molar-refractivity contribution in [2.75, 3.05) is 0 Å². The lowest BCUT2D eigenvalue weighted by Crippen LogP contribution is -1.96. The highest BCUT2D eigenvalue weighted by Gasteiger charge is 2.23.